The largest absolute Gasteiger partial charge is 0.504 e. The third-order valence-corrected chi connectivity index (χ3v) is 4.78. The van der Waals surface area contributed by atoms with E-state index >= 15 is 0 Å². The molecule has 0 saturated carbocycles. The van der Waals surface area contributed by atoms with E-state index in [0.717, 1.165) is 5.56 Å². The number of benzene rings is 2. The van der Waals surface area contributed by atoms with Crippen molar-refractivity contribution in [3.8, 4) is 28.7 Å². The molecule has 1 unspecified atom stereocenters. The first-order valence-electron chi connectivity index (χ1n) is 8.67. The molecule has 0 aliphatic carbocycles. The minimum absolute atomic E-state index is 0.0136. The van der Waals surface area contributed by atoms with Gasteiger partial charge in [0.25, 0.3) is 5.91 Å². The van der Waals surface area contributed by atoms with E-state index in [1.165, 1.54) is 28.4 Å². The molecule has 7 heteroatoms. The van der Waals surface area contributed by atoms with Crippen LogP contribution in [-0.4, -0.2) is 39.5 Å². The monoisotopic (exact) mass is 385 g/mol. The highest BCUT2D eigenvalue weighted by atomic mass is 16.5. The molecule has 1 N–H and O–H groups in total. The molecule has 0 bridgehead atoms. The van der Waals surface area contributed by atoms with E-state index in [1.54, 1.807) is 35.2 Å². The number of nitrogens with zero attached hydrogens (tertiary/aromatic N) is 1. The van der Waals surface area contributed by atoms with Crippen LogP contribution >= 0.6 is 0 Å². The van der Waals surface area contributed by atoms with Gasteiger partial charge in [0.05, 0.1) is 40.2 Å². The summed E-state index contributed by atoms with van der Waals surface area (Å²) in [7, 11) is 6.06. The number of aromatic hydroxyl groups is 1. The summed E-state index contributed by atoms with van der Waals surface area (Å²) in [6.45, 7) is 1.82. The minimum atomic E-state index is -0.350. The summed E-state index contributed by atoms with van der Waals surface area (Å²) in [6.07, 6.45) is 1.78. The van der Waals surface area contributed by atoms with Gasteiger partial charge in [0.1, 0.15) is 0 Å². The quantitative estimate of drug-likeness (QED) is 0.606. The van der Waals surface area contributed by atoms with Crippen molar-refractivity contribution < 1.29 is 28.8 Å². The number of allylic oxidation sites excluding steroid dienone is 1. The van der Waals surface area contributed by atoms with Crippen LogP contribution in [0.4, 0.5) is 5.69 Å². The van der Waals surface area contributed by atoms with E-state index < -0.39 is 0 Å². The van der Waals surface area contributed by atoms with Crippen LogP contribution in [0.2, 0.25) is 0 Å². The van der Waals surface area contributed by atoms with Crippen molar-refractivity contribution in [3.05, 3.63) is 47.5 Å². The Labute approximate surface area is 163 Å². The zero-order valence-corrected chi connectivity index (χ0v) is 16.5. The molecule has 2 aromatic carbocycles. The maximum absolute atomic E-state index is 12.8. The number of carbonyl (C=O) groups excluding carboxylic acids is 1. The summed E-state index contributed by atoms with van der Waals surface area (Å²) in [5.74, 6) is 1.61. The number of hydrogen-bond acceptors (Lipinski definition) is 6. The third kappa shape index (κ3) is 2.98. The molecule has 7 nitrogen and oxygen atoms in total. The first-order chi connectivity index (χ1) is 13.5. The molecular formula is C21H23NO6. The molecule has 1 aliphatic rings. The van der Waals surface area contributed by atoms with Gasteiger partial charge in [-0.3, -0.25) is 9.69 Å². The van der Waals surface area contributed by atoms with Gasteiger partial charge in [-0.2, -0.15) is 0 Å². The average Bonchev–Trinajstić information content (AvgIpc) is 2.71. The van der Waals surface area contributed by atoms with E-state index in [4.69, 9.17) is 18.9 Å². The van der Waals surface area contributed by atoms with E-state index in [-0.39, 0.29) is 17.7 Å². The number of phenols is 1. The van der Waals surface area contributed by atoms with Crippen molar-refractivity contribution in [2.24, 2.45) is 0 Å². The molecule has 28 heavy (non-hydrogen) atoms. The molecule has 148 valence electrons. The first kappa shape index (κ1) is 19.4. The number of amides is 1. The summed E-state index contributed by atoms with van der Waals surface area (Å²) in [4.78, 5) is 14.4. The van der Waals surface area contributed by atoms with Crippen molar-refractivity contribution in [2.45, 2.75) is 13.0 Å². The zero-order valence-electron chi connectivity index (χ0n) is 16.5. The summed E-state index contributed by atoms with van der Waals surface area (Å²) in [5.41, 5.74) is 2.00. The van der Waals surface area contributed by atoms with Crippen LogP contribution in [-0.2, 0) is 4.79 Å². The first-order valence-corrected chi connectivity index (χ1v) is 8.67. The normalized spacial score (nSPS) is 17.3. The number of rotatable bonds is 6. The van der Waals surface area contributed by atoms with Gasteiger partial charge in [-0.15, -0.1) is 0 Å². The fourth-order valence-electron chi connectivity index (χ4n) is 3.41. The number of hydrogen-bond donors (Lipinski definition) is 1. The molecule has 1 heterocycles. The highest BCUT2D eigenvalue weighted by Crippen LogP contribution is 2.48. The molecule has 0 radical (unpaired) electrons. The van der Waals surface area contributed by atoms with Crippen molar-refractivity contribution >= 4 is 11.6 Å². The number of anilines is 1. The number of β-lactam (4-membered cyclic amide) rings is 1. The molecule has 0 aromatic heterocycles. The van der Waals surface area contributed by atoms with E-state index in [1.807, 2.05) is 13.0 Å². The average molecular weight is 385 g/mol. The van der Waals surface area contributed by atoms with Crippen molar-refractivity contribution in [1.29, 1.82) is 0 Å². The van der Waals surface area contributed by atoms with Gasteiger partial charge in [0.15, 0.2) is 23.0 Å². The second-order valence-corrected chi connectivity index (χ2v) is 6.14. The van der Waals surface area contributed by atoms with Crippen molar-refractivity contribution in [3.63, 3.8) is 0 Å². The highest BCUT2D eigenvalue weighted by Gasteiger charge is 2.44. The Morgan fingerprint density at radius 3 is 2.00 bits per heavy atom. The van der Waals surface area contributed by atoms with Crippen LogP contribution in [0.5, 0.6) is 28.7 Å². The summed E-state index contributed by atoms with van der Waals surface area (Å²) < 4.78 is 21.3. The molecule has 3 rings (SSSR count). The summed E-state index contributed by atoms with van der Waals surface area (Å²) >= 11 is 0. The fraction of sp³-hybridized carbons (Fsp3) is 0.286. The summed E-state index contributed by atoms with van der Waals surface area (Å²) in [6, 6.07) is 8.20. The second kappa shape index (κ2) is 7.72. The predicted molar refractivity (Wildman–Crippen MR) is 105 cm³/mol. The maximum atomic E-state index is 12.8. The number of carbonyl (C=O) groups is 1. The zero-order chi connectivity index (χ0) is 20.4. The van der Waals surface area contributed by atoms with Gasteiger partial charge >= 0.3 is 0 Å². The number of ether oxygens (including phenoxy) is 4. The van der Waals surface area contributed by atoms with E-state index in [0.29, 0.717) is 34.3 Å². The standard InChI is InChI=1S/C21H23NO6/c1-6-14-19(12-7-8-16(25-2)15(23)9-12)22(21(14)24)13-10-17(26-3)20(28-5)18(11-13)27-4/h6-11,19,23H,1-5H3/b14-6-. The van der Waals surface area contributed by atoms with Crippen LogP contribution in [0.15, 0.2) is 42.0 Å². The maximum Gasteiger partial charge on any atom is 0.257 e. The van der Waals surface area contributed by atoms with Crippen LogP contribution in [0.1, 0.15) is 18.5 Å². The van der Waals surface area contributed by atoms with Gasteiger partial charge in [-0.1, -0.05) is 12.1 Å². The topological polar surface area (TPSA) is 77.5 Å². The highest BCUT2D eigenvalue weighted by molar-refractivity contribution is 6.15. The predicted octanol–water partition coefficient (Wildman–Crippen LogP) is 3.46. The van der Waals surface area contributed by atoms with Gasteiger partial charge in [-0.25, -0.2) is 0 Å². The molecule has 1 atom stereocenters. The minimum Gasteiger partial charge on any atom is -0.504 e. The number of phenolic OH excluding ortho intramolecular Hbond substituents is 1. The Balaban J connectivity index is 2.10. The lowest BCUT2D eigenvalue weighted by Crippen LogP contribution is -2.49. The number of methoxy groups -OCH3 is 4. The Morgan fingerprint density at radius 2 is 1.54 bits per heavy atom. The molecule has 2 aromatic rings. The van der Waals surface area contributed by atoms with Crippen LogP contribution in [0, 0.1) is 0 Å². The smallest absolute Gasteiger partial charge is 0.257 e. The fourth-order valence-corrected chi connectivity index (χ4v) is 3.41. The van der Waals surface area contributed by atoms with Crippen LogP contribution in [0.25, 0.3) is 0 Å². The van der Waals surface area contributed by atoms with E-state index in [2.05, 4.69) is 0 Å². The van der Waals surface area contributed by atoms with Gasteiger partial charge in [-0.05, 0) is 24.6 Å². The lowest BCUT2D eigenvalue weighted by molar-refractivity contribution is -0.119. The van der Waals surface area contributed by atoms with Gasteiger partial charge < -0.3 is 24.1 Å². The second-order valence-electron chi connectivity index (χ2n) is 6.14. The lowest BCUT2D eigenvalue weighted by Gasteiger charge is -2.43. The molecule has 0 spiro atoms. The van der Waals surface area contributed by atoms with Gasteiger partial charge in [0, 0.05) is 17.7 Å². The molecule has 1 saturated heterocycles. The van der Waals surface area contributed by atoms with E-state index in [9.17, 15) is 9.90 Å². The lowest BCUT2D eigenvalue weighted by atomic mass is 9.87. The Morgan fingerprint density at radius 1 is 0.929 bits per heavy atom. The Hall–Kier alpha value is -3.35. The molecular weight excluding hydrogens is 362 g/mol. The molecule has 1 aliphatic heterocycles. The Kier molecular flexibility index (Phi) is 5.35. The third-order valence-electron chi connectivity index (χ3n) is 4.78. The van der Waals surface area contributed by atoms with Crippen LogP contribution < -0.4 is 23.8 Å². The Bertz CT molecular complexity index is 911. The summed E-state index contributed by atoms with van der Waals surface area (Å²) in [5, 5.41) is 10.2. The SMILES string of the molecule is C/C=C1\C(=O)N(c2cc(OC)c(OC)c(OC)c2)C1c1ccc(OC)c(O)c1. The van der Waals surface area contributed by atoms with Crippen LogP contribution in [0.3, 0.4) is 0 Å². The van der Waals surface area contributed by atoms with Crippen molar-refractivity contribution in [1.82, 2.24) is 0 Å². The molecule has 1 fully saturated rings. The van der Waals surface area contributed by atoms with Gasteiger partial charge in [0.2, 0.25) is 5.75 Å². The molecule has 1 amide bonds. The van der Waals surface area contributed by atoms with Crippen molar-refractivity contribution in [2.75, 3.05) is 33.3 Å².